The number of halogens is 1. The number of anilines is 4. The molecule has 14 nitrogen and oxygen atoms in total. The van der Waals surface area contributed by atoms with Gasteiger partial charge in [0.05, 0.1) is 40.0 Å². The quantitative estimate of drug-likeness (QED) is 0.187. The maximum Gasteiger partial charge on any atom is 0.328 e. The van der Waals surface area contributed by atoms with Crippen LogP contribution < -0.4 is 26.1 Å². The number of aromatic nitrogens is 6. The van der Waals surface area contributed by atoms with Crippen molar-refractivity contribution in [3.8, 4) is 0 Å². The van der Waals surface area contributed by atoms with Gasteiger partial charge in [-0.1, -0.05) is 11.6 Å². The molecule has 1 unspecified atom stereocenters. The third kappa shape index (κ3) is 6.17. The van der Waals surface area contributed by atoms with E-state index in [0.29, 0.717) is 48.3 Å². The van der Waals surface area contributed by atoms with Crippen LogP contribution >= 0.6 is 11.6 Å². The summed E-state index contributed by atoms with van der Waals surface area (Å²) in [7, 11) is 5.66. The molecule has 52 heavy (non-hydrogen) atoms. The summed E-state index contributed by atoms with van der Waals surface area (Å²) in [6.07, 6.45) is 7.31. The number of benzene rings is 2. The third-order valence-corrected chi connectivity index (χ3v) is 11.6. The topological polar surface area (TPSA) is 155 Å². The number of nitrogens with one attached hydrogen (secondary N) is 2. The minimum atomic E-state index is -0.676. The van der Waals surface area contributed by atoms with Gasteiger partial charge in [-0.3, -0.25) is 28.7 Å². The molecule has 0 spiro atoms. The first kappa shape index (κ1) is 34.2. The molecule has 3 aliphatic rings. The van der Waals surface area contributed by atoms with E-state index in [-0.39, 0.29) is 23.5 Å². The molecule has 5 heterocycles. The highest BCUT2D eigenvalue weighted by Crippen LogP contribution is 2.36. The zero-order valence-corrected chi connectivity index (χ0v) is 30.4. The Morgan fingerprint density at radius 2 is 1.83 bits per heavy atom. The van der Waals surface area contributed by atoms with Gasteiger partial charge in [-0.15, -0.1) is 0 Å². The number of hydrogen-bond donors (Lipinski definition) is 3. The van der Waals surface area contributed by atoms with Crippen molar-refractivity contribution in [2.75, 3.05) is 35.3 Å². The van der Waals surface area contributed by atoms with Crippen molar-refractivity contribution in [2.24, 2.45) is 14.1 Å². The normalized spacial score (nSPS) is 19.2. The van der Waals surface area contributed by atoms with E-state index in [2.05, 4.69) is 37.6 Å². The van der Waals surface area contributed by atoms with Gasteiger partial charge in [0, 0.05) is 70.0 Å². The first-order valence-corrected chi connectivity index (χ1v) is 18.4. The van der Waals surface area contributed by atoms with Crippen molar-refractivity contribution in [1.82, 2.24) is 34.2 Å². The number of amides is 2. The largest absolute Gasteiger partial charge is 0.390 e. The van der Waals surface area contributed by atoms with Gasteiger partial charge in [0.2, 0.25) is 17.8 Å². The molecule has 1 aliphatic carbocycles. The Morgan fingerprint density at radius 1 is 1.04 bits per heavy atom. The molecule has 2 aromatic carbocycles. The molecule has 3 fully saturated rings. The lowest BCUT2D eigenvalue weighted by Crippen LogP contribution is -2.44. The summed E-state index contributed by atoms with van der Waals surface area (Å²) in [5.74, 6) is 0.0949. The predicted octanol–water partition coefficient (Wildman–Crippen LogP) is 4.34. The van der Waals surface area contributed by atoms with Gasteiger partial charge in [-0.2, -0.15) is 10.1 Å². The number of carbonyl (C=O) groups excluding carboxylic acids is 2. The minimum absolute atomic E-state index is 0.110. The smallest absolute Gasteiger partial charge is 0.328 e. The van der Waals surface area contributed by atoms with Crippen LogP contribution in [0.25, 0.3) is 21.9 Å². The zero-order chi connectivity index (χ0) is 36.3. The van der Waals surface area contributed by atoms with Gasteiger partial charge in [0.15, 0.2) is 5.82 Å². The second-order valence-electron chi connectivity index (χ2n) is 14.6. The van der Waals surface area contributed by atoms with E-state index >= 15 is 0 Å². The molecule has 0 bridgehead atoms. The average Bonchev–Trinajstić information content (AvgIpc) is 3.58. The highest BCUT2D eigenvalue weighted by atomic mass is 35.5. The molecule has 3 N–H and O–H groups in total. The van der Waals surface area contributed by atoms with E-state index in [1.165, 1.54) is 0 Å². The molecule has 3 aromatic heterocycles. The van der Waals surface area contributed by atoms with Crippen molar-refractivity contribution >= 4 is 68.5 Å². The Morgan fingerprint density at radius 3 is 2.56 bits per heavy atom. The molecule has 2 amide bonds. The highest BCUT2D eigenvalue weighted by Gasteiger charge is 2.35. The van der Waals surface area contributed by atoms with Crippen LogP contribution in [0.15, 0.2) is 47.4 Å². The monoisotopic (exact) mass is 726 g/mol. The van der Waals surface area contributed by atoms with Crippen LogP contribution in [0, 0.1) is 0 Å². The summed E-state index contributed by atoms with van der Waals surface area (Å²) < 4.78 is 5.19. The predicted molar refractivity (Wildman–Crippen MR) is 200 cm³/mol. The van der Waals surface area contributed by atoms with Gasteiger partial charge < -0.3 is 20.2 Å². The van der Waals surface area contributed by atoms with Crippen molar-refractivity contribution in [3.05, 3.63) is 63.8 Å². The lowest BCUT2D eigenvalue weighted by molar-refractivity contribution is -0.134. The lowest BCUT2D eigenvalue weighted by atomic mass is 9.78. The van der Waals surface area contributed by atoms with Gasteiger partial charge in [-0.25, -0.2) is 9.78 Å². The van der Waals surface area contributed by atoms with Crippen LogP contribution in [0.4, 0.5) is 23.1 Å². The number of carbonyl (C=O) groups is 2. The van der Waals surface area contributed by atoms with Crippen molar-refractivity contribution in [3.63, 3.8) is 0 Å². The SMILES string of the molecule is CN(c1ncc(Cl)c(Nc2ccc3c(c2)n(CCC2(O)CCC2)c(=O)n3C)n1)C1CCN(c2ccc3c(C4CCC(=O)NC4=O)nn(C)c3c2)CC1. The standard InChI is InChI=1S/C37H43ClN10O4/c1-44(23-11-16-47(17-12-23)24-6-7-25-29(20-24)46(3)43-32(25)26-8-10-31(49)41-34(26)50)35-39-21-27(38)33(42-35)40-22-5-9-28-30(19-22)48(36(51)45(28)2)18-15-37(52)13-4-14-37/h5-7,9,19-21,23,26,52H,4,8,10-18H2,1-3H3,(H,39,40,42)(H,41,49,50). The summed E-state index contributed by atoms with van der Waals surface area (Å²) in [5.41, 5.74) is 4.32. The van der Waals surface area contributed by atoms with E-state index in [4.69, 9.17) is 21.7 Å². The molecular weight excluding hydrogens is 684 g/mol. The highest BCUT2D eigenvalue weighted by molar-refractivity contribution is 6.33. The Kier molecular flexibility index (Phi) is 8.69. The number of imidazole rings is 1. The van der Waals surface area contributed by atoms with Crippen LogP contribution in [0.5, 0.6) is 0 Å². The molecule has 0 radical (unpaired) electrons. The third-order valence-electron chi connectivity index (χ3n) is 11.4. The maximum atomic E-state index is 13.1. The maximum absolute atomic E-state index is 13.1. The van der Waals surface area contributed by atoms with Crippen LogP contribution in [-0.2, 0) is 30.2 Å². The molecule has 5 aromatic rings. The Hall–Kier alpha value is -4.95. The van der Waals surface area contributed by atoms with Crippen LogP contribution in [-0.4, -0.2) is 77.6 Å². The van der Waals surface area contributed by atoms with Crippen LogP contribution in [0.3, 0.4) is 0 Å². The van der Waals surface area contributed by atoms with Gasteiger partial charge in [-0.05, 0) is 81.3 Å². The Bertz CT molecular complexity index is 2270. The molecule has 15 heteroatoms. The summed E-state index contributed by atoms with van der Waals surface area (Å²) in [6, 6.07) is 12.2. The van der Waals surface area contributed by atoms with E-state index < -0.39 is 11.5 Å². The van der Waals surface area contributed by atoms with Crippen LogP contribution in [0.1, 0.15) is 63.0 Å². The number of piperidine rings is 2. The van der Waals surface area contributed by atoms with Crippen LogP contribution in [0.2, 0.25) is 5.02 Å². The number of rotatable bonds is 9. The molecule has 8 rings (SSSR count). The van der Waals surface area contributed by atoms with Crippen molar-refractivity contribution < 1.29 is 14.7 Å². The molecule has 2 aliphatic heterocycles. The number of hydrogen-bond acceptors (Lipinski definition) is 10. The second kappa shape index (κ2) is 13.2. The van der Waals surface area contributed by atoms with E-state index in [1.807, 2.05) is 43.0 Å². The average molecular weight is 727 g/mol. The molecular formula is C37H43ClN10O4. The van der Waals surface area contributed by atoms with Gasteiger partial charge in [0.1, 0.15) is 5.02 Å². The molecule has 2 saturated heterocycles. The molecule has 1 atom stereocenters. The summed E-state index contributed by atoms with van der Waals surface area (Å²) in [5, 5.41) is 22.5. The zero-order valence-electron chi connectivity index (χ0n) is 29.6. The number of nitrogens with zero attached hydrogens (tertiary/aromatic N) is 8. The first-order chi connectivity index (χ1) is 25.0. The van der Waals surface area contributed by atoms with E-state index in [0.717, 1.165) is 78.5 Å². The fourth-order valence-electron chi connectivity index (χ4n) is 7.97. The molecule has 272 valence electrons. The summed E-state index contributed by atoms with van der Waals surface area (Å²) >= 11 is 6.60. The summed E-state index contributed by atoms with van der Waals surface area (Å²) in [4.78, 5) is 51.2. The Labute approximate surface area is 305 Å². The van der Waals surface area contributed by atoms with E-state index in [9.17, 15) is 19.5 Å². The second-order valence-corrected chi connectivity index (χ2v) is 15.0. The lowest BCUT2D eigenvalue weighted by Gasteiger charge is -2.38. The van der Waals surface area contributed by atoms with Gasteiger partial charge >= 0.3 is 5.69 Å². The number of aryl methyl sites for hydroxylation is 3. The number of fused-ring (bicyclic) bond motifs is 2. The number of aliphatic hydroxyl groups is 1. The summed E-state index contributed by atoms with van der Waals surface area (Å²) in [6.45, 7) is 2.13. The first-order valence-electron chi connectivity index (χ1n) is 18.0. The van der Waals surface area contributed by atoms with Crippen molar-refractivity contribution in [1.29, 1.82) is 0 Å². The van der Waals surface area contributed by atoms with E-state index in [1.54, 1.807) is 22.4 Å². The molecule has 1 saturated carbocycles. The van der Waals surface area contributed by atoms with Crippen molar-refractivity contribution in [2.45, 2.75) is 75.5 Å². The minimum Gasteiger partial charge on any atom is -0.390 e. The fourth-order valence-corrected chi connectivity index (χ4v) is 8.11. The fraction of sp³-hybridized carbons (Fsp3) is 0.459. The Balaban J connectivity index is 0.946. The number of imide groups is 1. The van der Waals surface area contributed by atoms with Gasteiger partial charge in [0.25, 0.3) is 0 Å².